The first kappa shape index (κ1) is 29.1. The summed E-state index contributed by atoms with van der Waals surface area (Å²) in [5, 5.41) is 2.18. The lowest BCUT2D eigenvalue weighted by Gasteiger charge is -2.16. The number of para-hydroxylation sites is 2. The summed E-state index contributed by atoms with van der Waals surface area (Å²) < 4.78 is 70.3. The molecule has 0 fully saturated rings. The van der Waals surface area contributed by atoms with Crippen molar-refractivity contribution in [2.75, 3.05) is 0 Å². The van der Waals surface area contributed by atoms with Crippen LogP contribution in [0.3, 0.4) is 0 Å². The van der Waals surface area contributed by atoms with E-state index in [9.17, 15) is 6.85 Å². The number of hydrogen-bond donors (Lipinski definition) is 0. The molecule has 290 valence electrons. The first-order chi connectivity index (χ1) is 33.7. The Hall–Kier alpha value is -8.20. The van der Waals surface area contributed by atoms with Crippen LogP contribution < -0.4 is 0 Å². The molecule has 0 saturated heterocycles. The molecule has 2 heteroatoms. The summed E-state index contributed by atoms with van der Waals surface area (Å²) in [6.45, 7) is 0. The summed E-state index contributed by atoms with van der Waals surface area (Å²) in [5.74, 6) is 0. The third-order valence-corrected chi connectivity index (χ3v) is 12.0. The Morgan fingerprint density at radius 2 is 0.806 bits per heavy atom. The molecule has 2 nitrogen and oxygen atoms in total. The van der Waals surface area contributed by atoms with Gasteiger partial charge in [-0.3, -0.25) is 0 Å². The van der Waals surface area contributed by atoms with Gasteiger partial charge in [0.2, 0.25) is 0 Å². The fraction of sp³-hybridized carbons (Fsp3) is 0. The zero-order valence-corrected chi connectivity index (χ0v) is 33.4. The van der Waals surface area contributed by atoms with E-state index in [4.69, 9.17) is 2.74 Å². The van der Waals surface area contributed by atoms with E-state index >= 15 is 0 Å². The monoisotopic (exact) mass is 795 g/mol. The average Bonchev–Trinajstić information content (AvgIpc) is 3.93. The number of nitrogens with zero attached hydrogens (tertiary/aromatic N) is 2. The molecule has 0 unspecified atom stereocenters. The van der Waals surface area contributed by atoms with Crippen LogP contribution in [0, 0.1) is 0 Å². The number of benzene rings is 10. The lowest BCUT2D eigenvalue weighted by molar-refractivity contribution is 1.18. The van der Waals surface area contributed by atoms with Crippen molar-refractivity contribution in [3.8, 4) is 67.0 Å². The molecule has 0 aliphatic carbocycles. The van der Waals surface area contributed by atoms with E-state index in [0.717, 1.165) is 72.0 Å². The van der Waals surface area contributed by atoms with Gasteiger partial charge in [0.1, 0.15) is 0 Å². The molecule has 10 aromatic carbocycles. The Bertz CT molecular complexity index is 4010. The molecule has 62 heavy (non-hydrogen) atoms. The minimum absolute atomic E-state index is 0.0918. The highest BCUT2D eigenvalue weighted by Gasteiger charge is 2.20. The predicted octanol–water partition coefficient (Wildman–Crippen LogP) is 16.2. The Kier molecular flexibility index (Phi) is 6.95. The summed E-state index contributed by atoms with van der Waals surface area (Å²) >= 11 is 0. The topological polar surface area (TPSA) is 9.86 Å². The lowest BCUT2D eigenvalue weighted by Crippen LogP contribution is -1.98. The molecule has 12 aromatic rings. The van der Waals surface area contributed by atoms with Crippen LogP contribution in [0.15, 0.2) is 242 Å². The lowest BCUT2D eigenvalue weighted by atomic mass is 9.97. The maximum absolute atomic E-state index is 10.1. The molecule has 0 N–H and O–H groups in total. The maximum Gasteiger partial charge on any atom is 0.0645 e. The van der Waals surface area contributed by atoms with E-state index in [1.54, 1.807) is 4.57 Å². The van der Waals surface area contributed by atoms with Crippen molar-refractivity contribution in [3.05, 3.63) is 242 Å². The normalized spacial score (nSPS) is 13.1. The minimum atomic E-state index is -0.434. The van der Waals surface area contributed by atoms with Gasteiger partial charge in [-0.05, 0) is 99.0 Å². The van der Waals surface area contributed by atoms with Crippen LogP contribution in [-0.4, -0.2) is 9.13 Å². The second kappa shape index (κ2) is 14.8. The smallest absolute Gasteiger partial charge is 0.0645 e. The molecule has 12 rings (SSSR count). The fourth-order valence-electron chi connectivity index (χ4n) is 9.07. The number of fused-ring (bicyclic) bond motifs is 6. The summed E-state index contributed by atoms with van der Waals surface area (Å²) in [6.07, 6.45) is 0. The van der Waals surface area contributed by atoms with E-state index in [0.29, 0.717) is 11.3 Å². The largest absolute Gasteiger partial charge is 0.309 e. The van der Waals surface area contributed by atoms with Gasteiger partial charge in [0.15, 0.2) is 0 Å². The highest BCUT2D eigenvalue weighted by Crippen LogP contribution is 2.42. The molecule has 2 heterocycles. The van der Waals surface area contributed by atoms with Gasteiger partial charge in [-0.15, -0.1) is 0 Å². The Balaban J connectivity index is 1.15. The molecule has 0 spiro atoms. The van der Waals surface area contributed by atoms with Crippen molar-refractivity contribution in [1.29, 1.82) is 0 Å². The molecule has 0 aliphatic heterocycles. The summed E-state index contributed by atoms with van der Waals surface area (Å²) in [7, 11) is 0. The molecule has 0 aliphatic rings. The standard InChI is InChI=1S/C60H40N2/c1-5-17-41(18-6-1)45-30-34-57(52(37-45)44-23-11-4-12-24-44)61-56-28-16-14-26-50(56)53-38-46(31-35-58(53)61)47-32-36-59-54(39-47)51-33-29-48(42-19-7-2-8-20-42)40-60(51)62(59)55-27-15-13-25-49(55)43-21-9-3-10-22-43/h1-40H/i14D,16D,26D,28D,31D,35D,38D. The third kappa shape index (κ3) is 5.96. The first-order valence-corrected chi connectivity index (χ1v) is 20.8. The Labute approximate surface area is 370 Å². The van der Waals surface area contributed by atoms with E-state index in [-0.39, 0.29) is 57.6 Å². The number of hydrogen-bond acceptors (Lipinski definition) is 0. The average molecular weight is 796 g/mol. The second-order valence-corrected chi connectivity index (χ2v) is 15.5. The molecular weight excluding hydrogens is 749 g/mol. The summed E-state index contributed by atoms with van der Waals surface area (Å²) in [4.78, 5) is 0. The van der Waals surface area contributed by atoms with Crippen molar-refractivity contribution in [1.82, 2.24) is 9.13 Å². The predicted molar refractivity (Wildman–Crippen MR) is 262 cm³/mol. The van der Waals surface area contributed by atoms with Crippen molar-refractivity contribution in [3.63, 3.8) is 0 Å². The fourth-order valence-corrected chi connectivity index (χ4v) is 9.07. The number of aromatic nitrogens is 2. The molecule has 0 atom stereocenters. The second-order valence-electron chi connectivity index (χ2n) is 15.5. The van der Waals surface area contributed by atoms with Gasteiger partial charge in [-0.25, -0.2) is 0 Å². The van der Waals surface area contributed by atoms with E-state index in [1.165, 1.54) is 0 Å². The van der Waals surface area contributed by atoms with Crippen LogP contribution in [0.1, 0.15) is 9.60 Å². The van der Waals surface area contributed by atoms with Gasteiger partial charge in [0.05, 0.1) is 43.0 Å². The SMILES string of the molecule is [2H]c1c([2H])c([2H])c2c(c1[2H])c1c([2H])c(-c3ccc4c(c3)c3ccc(-c5ccccc5)cc3n4-c3ccccc3-c3ccccc3)c([2H])c([2H])c1n2-c1ccc(-c2ccccc2)cc1-c1ccccc1. The van der Waals surface area contributed by atoms with Crippen LogP contribution in [0.5, 0.6) is 0 Å². The van der Waals surface area contributed by atoms with Gasteiger partial charge in [0.25, 0.3) is 0 Å². The van der Waals surface area contributed by atoms with Crippen LogP contribution in [0.25, 0.3) is 111 Å². The van der Waals surface area contributed by atoms with Crippen LogP contribution in [-0.2, 0) is 0 Å². The number of rotatable bonds is 7. The zero-order chi connectivity index (χ0) is 47.1. The summed E-state index contributed by atoms with van der Waals surface area (Å²) in [5.41, 5.74) is 12.4. The Morgan fingerprint density at radius 1 is 0.274 bits per heavy atom. The van der Waals surface area contributed by atoms with Gasteiger partial charge in [-0.1, -0.05) is 188 Å². The van der Waals surface area contributed by atoms with E-state index < -0.39 is 12.1 Å². The van der Waals surface area contributed by atoms with Crippen molar-refractivity contribution in [2.45, 2.75) is 0 Å². The van der Waals surface area contributed by atoms with Crippen LogP contribution in [0.4, 0.5) is 0 Å². The highest BCUT2D eigenvalue weighted by atomic mass is 15.0. The van der Waals surface area contributed by atoms with Gasteiger partial charge in [-0.2, -0.15) is 0 Å². The molecule has 0 bridgehead atoms. The first-order valence-electron chi connectivity index (χ1n) is 24.3. The van der Waals surface area contributed by atoms with Crippen molar-refractivity contribution in [2.24, 2.45) is 0 Å². The van der Waals surface area contributed by atoms with Crippen molar-refractivity contribution >= 4 is 43.6 Å². The quantitative estimate of drug-likeness (QED) is 0.152. The molecule has 0 saturated carbocycles. The molecule has 0 radical (unpaired) electrons. The Morgan fingerprint density at radius 3 is 1.53 bits per heavy atom. The molecule has 0 amide bonds. The summed E-state index contributed by atoms with van der Waals surface area (Å²) in [6, 6.07) is 65.1. The molecular formula is C60H40N2. The third-order valence-electron chi connectivity index (χ3n) is 12.0. The molecule has 2 aromatic heterocycles. The van der Waals surface area contributed by atoms with Gasteiger partial charge in [0, 0.05) is 32.7 Å². The van der Waals surface area contributed by atoms with Gasteiger partial charge < -0.3 is 9.13 Å². The van der Waals surface area contributed by atoms with Crippen LogP contribution >= 0.6 is 0 Å². The van der Waals surface area contributed by atoms with Crippen molar-refractivity contribution < 1.29 is 9.60 Å². The zero-order valence-electron chi connectivity index (χ0n) is 40.4. The maximum atomic E-state index is 10.1. The minimum Gasteiger partial charge on any atom is -0.309 e. The van der Waals surface area contributed by atoms with Gasteiger partial charge >= 0.3 is 0 Å². The highest BCUT2D eigenvalue weighted by molar-refractivity contribution is 6.14. The van der Waals surface area contributed by atoms with E-state index in [1.807, 2.05) is 140 Å². The van der Waals surface area contributed by atoms with Crippen LogP contribution in [0.2, 0.25) is 0 Å². The van der Waals surface area contributed by atoms with E-state index in [2.05, 4.69) is 65.2 Å².